The first-order valence-electron chi connectivity index (χ1n) is 6.60. The monoisotopic (exact) mass is 326 g/mol. The Bertz CT molecular complexity index is 719. The number of aryl methyl sites for hydroxylation is 2. The topological polar surface area (TPSA) is 79.3 Å². The Morgan fingerprint density at radius 1 is 1.33 bits per heavy atom. The van der Waals surface area contributed by atoms with Crippen LogP contribution in [0.1, 0.15) is 36.1 Å². The van der Waals surface area contributed by atoms with E-state index in [0.29, 0.717) is 10.7 Å². The molecule has 2 aromatic rings. The molecule has 2 rings (SSSR count). The number of nitrogens with one attached hydrogen (secondary N) is 1. The van der Waals surface area contributed by atoms with Gasteiger partial charge in [0.15, 0.2) is 5.13 Å². The average molecular weight is 326 g/mol. The molecule has 1 atom stereocenters. The van der Waals surface area contributed by atoms with Gasteiger partial charge in [0.2, 0.25) is 0 Å². The van der Waals surface area contributed by atoms with Crippen LogP contribution in [0.25, 0.3) is 0 Å². The number of benzene rings is 1. The van der Waals surface area contributed by atoms with Crippen molar-refractivity contribution in [2.24, 2.45) is 0 Å². The highest BCUT2D eigenvalue weighted by Gasteiger charge is 2.17. The first-order valence-corrected chi connectivity index (χ1v) is 8.90. The molecule has 0 aliphatic rings. The second-order valence-corrected chi connectivity index (χ2v) is 7.61. The summed E-state index contributed by atoms with van der Waals surface area (Å²) in [5, 5.41) is 9.82. The van der Waals surface area contributed by atoms with E-state index in [1.165, 1.54) is 23.5 Å². The van der Waals surface area contributed by atoms with Crippen molar-refractivity contribution in [3.05, 3.63) is 40.4 Å². The summed E-state index contributed by atoms with van der Waals surface area (Å²) >= 11 is 1.33. The van der Waals surface area contributed by atoms with E-state index >= 15 is 0 Å². The predicted molar refractivity (Wildman–Crippen MR) is 84.1 cm³/mol. The summed E-state index contributed by atoms with van der Waals surface area (Å²) < 4.78 is 27.1. The summed E-state index contributed by atoms with van der Waals surface area (Å²) in [5.41, 5.74) is 1.58. The molecule has 0 fully saturated rings. The number of aromatic nitrogens is 1. The van der Waals surface area contributed by atoms with Gasteiger partial charge >= 0.3 is 0 Å². The third kappa shape index (κ3) is 3.61. The Kier molecular flexibility index (Phi) is 4.65. The van der Waals surface area contributed by atoms with E-state index in [4.69, 9.17) is 0 Å². The largest absolute Gasteiger partial charge is 0.389 e. The van der Waals surface area contributed by atoms with Crippen LogP contribution in [0.2, 0.25) is 0 Å². The van der Waals surface area contributed by atoms with Gasteiger partial charge in [-0.25, -0.2) is 13.4 Å². The maximum atomic E-state index is 12.3. The van der Waals surface area contributed by atoms with E-state index in [9.17, 15) is 13.5 Å². The lowest BCUT2D eigenvalue weighted by Gasteiger charge is -2.07. The standard InChI is InChI=1S/C14H18N2O3S2/c1-4-13-10(3)20-14(15-13)16-21(18,19)12-7-5-11(6-8-12)9(2)17/h5-9,17H,4H2,1-3H3,(H,15,16). The maximum absolute atomic E-state index is 12.3. The summed E-state index contributed by atoms with van der Waals surface area (Å²) in [7, 11) is -3.65. The Balaban J connectivity index is 2.25. The van der Waals surface area contributed by atoms with Gasteiger partial charge in [-0.1, -0.05) is 19.1 Å². The van der Waals surface area contributed by atoms with Gasteiger partial charge in [0.1, 0.15) is 0 Å². The molecular formula is C14H18N2O3S2. The number of rotatable bonds is 5. The van der Waals surface area contributed by atoms with E-state index in [2.05, 4.69) is 9.71 Å². The molecule has 7 heteroatoms. The molecule has 0 spiro atoms. The molecule has 0 saturated carbocycles. The highest BCUT2D eigenvalue weighted by molar-refractivity contribution is 7.93. The van der Waals surface area contributed by atoms with Crippen LogP contribution in [-0.2, 0) is 16.4 Å². The van der Waals surface area contributed by atoms with Gasteiger partial charge in [-0.3, -0.25) is 4.72 Å². The third-order valence-corrected chi connectivity index (χ3v) is 5.53. The molecule has 0 saturated heterocycles. The first kappa shape index (κ1) is 15.9. The van der Waals surface area contributed by atoms with Gasteiger partial charge in [0, 0.05) is 4.88 Å². The van der Waals surface area contributed by atoms with Gasteiger partial charge in [-0.2, -0.15) is 0 Å². The van der Waals surface area contributed by atoms with Crippen molar-refractivity contribution in [3.63, 3.8) is 0 Å². The van der Waals surface area contributed by atoms with E-state index in [-0.39, 0.29) is 4.90 Å². The molecule has 21 heavy (non-hydrogen) atoms. The van der Waals surface area contributed by atoms with Crippen LogP contribution in [0.3, 0.4) is 0 Å². The zero-order valence-corrected chi connectivity index (χ0v) is 13.8. The highest BCUT2D eigenvalue weighted by atomic mass is 32.2. The maximum Gasteiger partial charge on any atom is 0.263 e. The Labute approximate surface area is 128 Å². The summed E-state index contributed by atoms with van der Waals surface area (Å²) in [6, 6.07) is 6.16. The zero-order valence-electron chi connectivity index (χ0n) is 12.1. The lowest BCUT2D eigenvalue weighted by atomic mass is 10.1. The fraction of sp³-hybridized carbons (Fsp3) is 0.357. The van der Waals surface area contributed by atoms with Gasteiger partial charge < -0.3 is 5.11 Å². The minimum atomic E-state index is -3.65. The van der Waals surface area contributed by atoms with Crippen LogP contribution < -0.4 is 4.72 Å². The van der Waals surface area contributed by atoms with Gasteiger partial charge in [0.25, 0.3) is 10.0 Å². The minimum absolute atomic E-state index is 0.151. The molecule has 0 bridgehead atoms. The van der Waals surface area contributed by atoms with E-state index in [0.717, 1.165) is 17.0 Å². The summed E-state index contributed by atoms with van der Waals surface area (Å²) in [4.78, 5) is 5.44. The van der Waals surface area contributed by atoms with Crippen molar-refractivity contribution in [2.45, 2.75) is 38.2 Å². The van der Waals surface area contributed by atoms with Gasteiger partial charge in [0.05, 0.1) is 16.7 Å². The number of hydrogen-bond acceptors (Lipinski definition) is 5. The number of aliphatic hydroxyl groups is 1. The van der Waals surface area contributed by atoms with Crippen molar-refractivity contribution >= 4 is 26.5 Å². The zero-order chi connectivity index (χ0) is 15.6. The smallest absolute Gasteiger partial charge is 0.263 e. The van der Waals surface area contributed by atoms with Crippen molar-refractivity contribution in [3.8, 4) is 0 Å². The molecule has 0 amide bonds. The summed E-state index contributed by atoms with van der Waals surface area (Å²) in [6.45, 7) is 5.53. The van der Waals surface area contributed by atoms with Crippen LogP contribution in [0, 0.1) is 6.92 Å². The van der Waals surface area contributed by atoms with Crippen LogP contribution in [0.4, 0.5) is 5.13 Å². The van der Waals surface area contributed by atoms with Crippen LogP contribution >= 0.6 is 11.3 Å². The molecule has 0 aliphatic carbocycles. The predicted octanol–water partition coefficient (Wildman–Crippen LogP) is 2.87. The van der Waals surface area contributed by atoms with Crippen molar-refractivity contribution < 1.29 is 13.5 Å². The fourth-order valence-corrected chi connectivity index (χ4v) is 4.04. The first-order chi connectivity index (χ1) is 9.83. The van der Waals surface area contributed by atoms with Crippen molar-refractivity contribution in [1.29, 1.82) is 0 Å². The molecule has 0 radical (unpaired) electrons. The third-order valence-electron chi connectivity index (χ3n) is 3.12. The molecule has 1 aromatic heterocycles. The number of hydrogen-bond donors (Lipinski definition) is 2. The van der Waals surface area contributed by atoms with Crippen LogP contribution in [-0.4, -0.2) is 18.5 Å². The average Bonchev–Trinajstić information content (AvgIpc) is 2.78. The number of nitrogens with zero attached hydrogens (tertiary/aromatic N) is 1. The lowest BCUT2D eigenvalue weighted by Crippen LogP contribution is -2.13. The second kappa shape index (κ2) is 6.13. The van der Waals surface area contributed by atoms with Crippen LogP contribution in [0.5, 0.6) is 0 Å². The van der Waals surface area contributed by atoms with Crippen molar-refractivity contribution in [2.75, 3.05) is 4.72 Å². The number of anilines is 1. The van der Waals surface area contributed by atoms with Gasteiger partial charge in [-0.05, 0) is 38.0 Å². The SMILES string of the molecule is CCc1nc(NS(=O)(=O)c2ccc(C(C)O)cc2)sc1C. The molecule has 114 valence electrons. The molecule has 2 N–H and O–H groups in total. The molecular weight excluding hydrogens is 308 g/mol. The number of thiazole rings is 1. The molecule has 1 unspecified atom stereocenters. The number of sulfonamides is 1. The van der Waals surface area contributed by atoms with Crippen LogP contribution in [0.15, 0.2) is 29.2 Å². The minimum Gasteiger partial charge on any atom is -0.389 e. The Morgan fingerprint density at radius 2 is 1.95 bits per heavy atom. The Morgan fingerprint density at radius 3 is 2.43 bits per heavy atom. The number of aliphatic hydroxyl groups excluding tert-OH is 1. The molecule has 5 nitrogen and oxygen atoms in total. The quantitative estimate of drug-likeness (QED) is 0.885. The summed E-state index contributed by atoms with van der Waals surface area (Å²) in [6.07, 6.45) is 0.149. The molecule has 1 heterocycles. The van der Waals surface area contributed by atoms with E-state index in [1.807, 2.05) is 13.8 Å². The van der Waals surface area contributed by atoms with Gasteiger partial charge in [-0.15, -0.1) is 11.3 Å². The highest BCUT2D eigenvalue weighted by Crippen LogP contribution is 2.25. The van der Waals surface area contributed by atoms with E-state index < -0.39 is 16.1 Å². The van der Waals surface area contributed by atoms with Crippen molar-refractivity contribution in [1.82, 2.24) is 4.98 Å². The molecule has 0 aliphatic heterocycles. The fourth-order valence-electron chi connectivity index (χ4n) is 1.90. The Hall–Kier alpha value is -1.44. The molecule has 1 aromatic carbocycles. The van der Waals surface area contributed by atoms with E-state index in [1.54, 1.807) is 19.1 Å². The summed E-state index contributed by atoms with van der Waals surface area (Å²) in [5.74, 6) is 0. The lowest BCUT2D eigenvalue weighted by molar-refractivity contribution is 0.199. The normalized spacial score (nSPS) is 13.1. The second-order valence-electron chi connectivity index (χ2n) is 4.73.